The molecule has 0 fully saturated rings. The lowest BCUT2D eigenvalue weighted by molar-refractivity contribution is 0.481. The van der Waals surface area contributed by atoms with Gasteiger partial charge in [-0.3, -0.25) is 0 Å². The maximum absolute atomic E-state index is 9.79. The van der Waals surface area contributed by atoms with E-state index in [0.29, 0.717) is 12.3 Å². The second kappa shape index (κ2) is 5.17. The standard InChI is InChI=1S/C14H18N2O/c15-9-3-6-13(16)11-7-8-14(17)12-5-2-1-4-10(11)12/h1-2,4-5,7-8,13,17H,3,6,9,15-16H2/t13-/m1/s1. The van der Waals surface area contributed by atoms with Crippen molar-refractivity contribution in [1.82, 2.24) is 0 Å². The molecular weight excluding hydrogens is 212 g/mol. The third-order valence-electron chi connectivity index (χ3n) is 3.05. The van der Waals surface area contributed by atoms with Crippen LogP contribution in [0.15, 0.2) is 36.4 Å². The Kier molecular flexibility index (Phi) is 3.61. The van der Waals surface area contributed by atoms with Crippen molar-refractivity contribution in [3.63, 3.8) is 0 Å². The van der Waals surface area contributed by atoms with Crippen LogP contribution in [0.3, 0.4) is 0 Å². The van der Waals surface area contributed by atoms with Gasteiger partial charge in [-0.1, -0.05) is 30.3 Å². The third-order valence-corrected chi connectivity index (χ3v) is 3.05. The van der Waals surface area contributed by atoms with E-state index in [2.05, 4.69) is 0 Å². The number of phenols is 1. The summed E-state index contributed by atoms with van der Waals surface area (Å²) in [4.78, 5) is 0. The van der Waals surface area contributed by atoms with Gasteiger partial charge < -0.3 is 16.6 Å². The molecule has 0 aliphatic heterocycles. The Morgan fingerprint density at radius 2 is 1.76 bits per heavy atom. The van der Waals surface area contributed by atoms with Gasteiger partial charge in [-0.2, -0.15) is 0 Å². The van der Waals surface area contributed by atoms with Gasteiger partial charge in [0.15, 0.2) is 0 Å². The van der Waals surface area contributed by atoms with E-state index in [0.717, 1.165) is 29.2 Å². The molecule has 0 bridgehead atoms. The maximum atomic E-state index is 9.79. The van der Waals surface area contributed by atoms with Crippen molar-refractivity contribution in [3.8, 4) is 5.75 Å². The topological polar surface area (TPSA) is 72.3 Å². The summed E-state index contributed by atoms with van der Waals surface area (Å²) in [5, 5.41) is 11.7. The van der Waals surface area contributed by atoms with E-state index in [1.807, 2.05) is 30.3 Å². The molecule has 0 aliphatic carbocycles. The highest BCUT2D eigenvalue weighted by Crippen LogP contribution is 2.31. The molecule has 3 nitrogen and oxygen atoms in total. The van der Waals surface area contributed by atoms with Crippen molar-refractivity contribution in [2.75, 3.05) is 6.54 Å². The predicted octanol–water partition coefficient (Wildman–Crippen LogP) is 2.28. The minimum absolute atomic E-state index is 0.0240. The molecule has 0 aromatic heterocycles. The van der Waals surface area contributed by atoms with Crippen molar-refractivity contribution in [1.29, 1.82) is 0 Å². The van der Waals surface area contributed by atoms with Gasteiger partial charge in [0.25, 0.3) is 0 Å². The number of fused-ring (bicyclic) bond motifs is 1. The lowest BCUT2D eigenvalue weighted by Gasteiger charge is -2.15. The predicted molar refractivity (Wildman–Crippen MR) is 70.8 cm³/mol. The number of hydrogen-bond donors (Lipinski definition) is 3. The zero-order valence-corrected chi connectivity index (χ0v) is 9.76. The van der Waals surface area contributed by atoms with Gasteiger partial charge in [0.05, 0.1) is 0 Å². The van der Waals surface area contributed by atoms with Gasteiger partial charge in [-0.05, 0) is 36.4 Å². The summed E-state index contributed by atoms with van der Waals surface area (Å²) in [7, 11) is 0. The second-order valence-electron chi connectivity index (χ2n) is 4.26. The van der Waals surface area contributed by atoms with E-state index < -0.39 is 0 Å². The molecular formula is C14H18N2O. The van der Waals surface area contributed by atoms with E-state index in [4.69, 9.17) is 11.5 Å². The summed E-state index contributed by atoms with van der Waals surface area (Å²) in [6.45, 7) is 0.656. The van der Waals surface area contributed by atoms with Gasteiger partial charge in [0.1, 0.15) is 5.75 Å². The molecule has 0 saturated heterocycles. The fourth-order valence-corrected chi connectivity index (χ4v) is 2.12. The molecule has 2 aromatic carbocycles. The normalized spacial score (nSPS) is 12.8. The van der Waals surface area contributed by atoms with Gasteiger partial charge in [-0.15, -0.1) is 0 Å². The average molecular weight is 230 g/mol. The third kappa shape index (κ3) is 2.40. The molecule has 0 spiro atoms. The molecule has 0 amide bonds. The lowest BCUT2D eigenvalue weighted by Crippen LogP contribution is -2.12. The Bertz CT molecular complexity index is 511. The minimum atomic E-state index is -0.0240. The Balaban J connectivity index is 2.44. The first kappa shape index (κ1) is 11.9. The molecule has 0 saturated carbocycles. The zero-order chi connectivity index (χ0) is 12.3. The molecule has 90 valence electrons. The number of aromatic hydroxyl groups is 1. The van der Waals surface area contributed by atoms with Crippen molar-refractivity contribution in [2.45, 2.75) is 18.9 Å². The van der Waals surface area contributed by atoms with E-state index in [1.165, 1.54) is 0 Å². The van der Waals surface area contributed by atoms with E-state index in [-0.39, 0.29) is 6.04 Å². The lowest BCUT2D eigenvalue weighted by atomic mass is 9.96. The van der Waals surface area contributed by atoms with Crippen LogP contribution in [0, 0.1) is 0 Å². The first-order valence-corrected chi connectivity index (χ1v) is 5.90. The number of rotatable bonds is 4. The maximum Gasteiger partial charge on any atom is 0.123 e. The highest BCUT2D eigenvalue weighted by atomic mass is 16.3. The van der Waals surface area contributed by atoms with Gasteiger partial charge in [0.2, 0.25) is 0 Å². The minimum Gasteiger partial charge on any atom is -0.507 e. The first-order valence-electron chi connectivity index (χ1n) is 5.90. The second-order valence-corrected chi connectivity index (χ2v) is 4.26. The van der Waals surface area contributed by atoms with Crippen LogP contribution in [0.25, 0.3) is 10.8 Å². The summed E-state index contributed by atoms with van der Waals surface area (Å²) in [5.41, 5.74) is 12.7. The van der Waals surface area contributed by atoms with Crippen molar-refractivity contribution < 1.29 is 5.11 Å². The highest BCUT2D eigenvalue weighted by molar-refractivity contribution is 5.91. The molecule has 0 radical (unpaired) electrons. The zero-order valence-electron chi connectivity index (χ0n) is 9.76. The van der Waals surface area contributed by atoms with Crippen molar-refractivity contribution in [2.24, 2.45) is 11.5 Å². The van der Waals surface area contributed by atoms with Crippen molar-refractivity contribution >= 4 is 10.8 Å². The van der Waals surface area contributed by atoms with Crippen LogP contribution in [-0.2, 0) is 0 Å². The molecule has 17 heavy (non-hydrogen) atoms. The van der Waals surface area contributed by atoms with Gasteiger partial charge >= 0.3 is 0 Å². The summed E-state index contributed by atoms with van der Waals surface area (Å²) in [5.74, 6) is 0.301. The number of nitrogens with two attached hydrogens (primary N) is 2. The van der Waals surface area contributed by atoms with Crippen LogP contribution in [0.1, 0.15) is 24.4 Å². The van der Waals surface area contributed by atoms with E-state index in [9.17, 15) is 5.11 Å². The van der Waals surface area contributed by atoms with E-state index in [1.54, 1.807) is 6.07 Å². The summed E-state index contributed by atoms with van der Waals surface area (Å²) in [6, 6.07) is 11.4. The van der Waals surface area contributed by atoms with E-state index >= 15 is 0 Å². The molecule has 2 aromatic rings. The fraction of sp³-hybridized carbons (Fsp3) is 0.286. The first-order chi connectivity index (χ1) is 8.24. The van der Waals surface area contributed by atoms with Crippen LogP contribution < -0.4 is 11.5 Å². The Labute approximate surface area is 101 Å². The quantitative estimate of drug-likeness (QED) is 0.754. The Hall–Kier alpha value is -1.58. The van der Waals surface area contributed by atoms with Crippen LogP contribution >= 0.6 is 0 Å². The molecule has 3 heteroatoms. The smallest absolute Gasteiger partial charge is 0.123 e. The Morgan fingerprint density at radius 1 is 1.06 bits per heavy atom. The molecule has 0 unspecified atom stereocenters. The number of benzene rings is 2. The number of hydrogen-bond acceptors (Lipinski definition) is 3. The monoisotopic (exact) mass is 230 g/mol. The molecule has 1 atom stereocenters. The summed E-state index contributed by atoms with van der Waals surface area (Å²) in [6.07, 6.45) is 1.78. The van der Waals surface area contributed by atoms with Gasteiger partial charge in [-0.25, -0.2) is 0 Å². The molecule has 0 heterocycles. The fourth-order valence-electron chi connectivity index (χ4n) is 2.12. The van der Waals surface area contributed by atoms with Crippen LogP contribution in [0.4, 0.5) is 0 Å². The van der Waals surface area contributed by atoms with Crippen molar-refractivity contribution in [3.05, 3.63) is 42.0 Å². The summed E-state index contributed by atoms with van der Waals surface area (Å²) < 4.78 is 0. The van der Waals surface area contributed by atoms with Gasteiger partial charge in [0, 0.05) is 11.4 Å². The SMILES string of the molecule is NCCC[C@@H](N)c1ccc(O)c2ccccc12. The summed E-state index contributed by atoms with van der Waals surface area (Å²) >= 11 is 0. The number of phenolic OH excluding ortho intramolecular Hbond substituents is 1. The Morgan fingerprint density at radius 3 is 2.47 bits per heavy atom. The van der Waals surface area contributed by atoms with Crippen LogP contribution in [0.5, 0.6) is 5.75 Å². The van der Waals surface area contributed by atoms with Crippen LogP contribution in [-0.4, -0.2) is 11.7 Å². The molecule has 5 N–H and O–H groups in total. The average Bonchev–Trinajstić information content (AvgIpc) is 2.37. The molecule has 0 aliphatic rings. The molecule has 2 rings (SSSR count). The largest absolute Gasteiger partial charge is 0.507 e. The van der Waals surface area contributed by atoms with Crippen LogP contribution in [0.2, 0.25) is 0 Å². The highest BCUT2D eigenvalue weighted by Gasteiger charge is 2.11.